The molecule has 10 heteroatoms. The minimum atomic E-state index is -4.92. The number of ketones is 1. The lowest BCUT2D eigenvalue weighted by Gasteiger charge is -2.23. The van der Waals surface area contributed by atoms with Gasteiger partial charge in [-0.15, -0.1) is 0 Å². The van der Waals surface area contributed by atoms with E-state index in [4.69, 9.17) is 4.74 Å². The van der Waals surface area contributed by atoms with Crippen molar-refractivity contribution in [1.82, 2.24) is 0 Å². The van der Waals surface area contributed by atoms with E-state index in [1.807, 2.05) is 11.8 Å². The Balaban J connectivity index is 1.98. The molecule has 0 aliphatic heterocycles. The van der Waals surface area contributed by atoms with E-state index < -0.39 is 17.5 Å². The van der Waals surface area contributed by atoms with Crippen molar-refractivity contribution in [3.63, 3.8) is 0 Å². The van der Waals surface area contributed by atoms with Crippen LogP contribution in [0.25, 0.3) is 0 Å². The third-order valence-corrected chi connectivity index (χ3v) is 4.33. The van der Waals surface area contributed by atoms with Crippen LogP contribution < -0.4 is 4.90 Å². The van der Waals surface area contributed by atoms with Gasteiger partial charge in [0.15, 0.2) is 0 Å². The lowest BCUT2D eigenvalue weighted by molar-refractivity contribution is -0.143. The lowest BCUT2D eigenvalue weighted by Crippen LogP contribution is -2.30. The molecule has 2 rings (SSSR count). The molecular weight excluding hydrogens is 427 g/mol. The molecule has 0 fully saturated rings. The Morgan fingerprint density at radius 3 is 2.03 bits per heavy atom. The number of aliphatic hydroxyl groups excluding tert-OH is 1. The molecule has 2 aromatic rings. The molecule has 0 amide bonds. The predicted molar refractivity (Wildman–Crippen MR) is 113 cm³/mol. The summed E-state index contributed by atoms with van der Waals surface area (Å²) in [5, 5.41) is 17.3. The highest BCUT2D eigenvalue weighted by Gasteiger charge is 2.39. The maximum atomic E-state index is 12.4. The Labute approximate surface area is 183 Å². The quantitative estimate of drug-likeness (QED) is 0.295. The molecule has 0 aliphatic rings. The minimum Gasteiger partial charge on any atom is -0.464 e. The van der Waals surface area contributed by atoms with Crippen LogP contribution in [0.5, 0.6) is 0 Å². The zero-order chi connectivity index (χ0) is 23.6. The van der Waals surface area contributed by atoms with Gasteiger partial charge in [0, 0.05) is 24.2 Å². The van der Waals surface area contributed by atoms with Crippen LogP contribution in [0.4, 0.5) is 30.2 Å². The maximum Gasteiger partial charge on any atom is 0.454 e. The predicted octanol–water partition coefficient (Wildman–Crippen LogP) is 4.99. The second kappa shape index (κ2) is 11.9. The van der Waals surface area contributed by atoms with Gasteiger partial charge in [-0.2, -0.15) is 23.4 Å². The number of hydrogen-bond donors (Lipinski definition) is 1. The van der Waals surface area contributed by atoms with Crippen molar-refractivity contribution in [3.05, 3.63) is 54.1 Å². The van der Waals surface area contributed by atoms with E-state index in [-0.39, 0.29) is 19.2 Å². The van der Waals surface area contributed by atoms with Crippen molar-refractivity contribution in [3.8, 4) is 0 Å². The van der Waals surface area contributed by atoms with Gasteiger partial charge in [-0.25, -0.2) is 0 Å². The zero-order valence-corrected chi connectivity index (χ0v) is 17.5. The van der Waals surface area contributed by atoms with Crippen molar-refractivity contribution >= 4 is 28.8 Å². The average Bonchev–Trinajstić information content (AvgIpc) is 2.77. The number of nitrogens with zero attached hydrogens (tertiary/aromatic N) is 3. The molecular formula is C22H24F3N3O4. The van der Waals surface area contributed by atoms with E-state index in [0.29, 0.717) is 37.3 Å². The van der Waals surface area contributed by atoms with E-state index in [1.54, 1.807) is 24.3 Å². The number of azo groups is 1. The van der Waals surface area contributed by atoms with Gasteiger partial charge in [-0.05, 0) is 55.0 Å². The number of aliphatic hydroxyl groups is 1. The third-order valence-electron chi connectivity index (χ3n) is 4.33. The Kier molecular flexibility index (Phi) is 9.33. The number of esters is 1. The first-order valence-corrected chi connectivity index (χ1v) is 9.99. The number of carbonyl (C=O) groups is 2. The number of halogens is 3. The minimum absolute atomic E-state index is 0.0722. The van der Waals surface area contributed by atoms with Crippen LogP contribution in [0.15, 0.2) is 58.8 Å². The molecule has 0 bridgehead atoms. The summed E-state index contributed by atoms with van der Waals surface area (Å²) in [6.45, 7) is 2.79. The van der Waals surface area contributed by atoms with E-state index >= 15 is 0 Å². The third kappa shape index (κ3) is 7.77. The van der Waals surface area contributed by atoms with E-state index in [1.165, 1.54) is 12.1 Å². The molecule has 172 valence electrons. The SMILES string of the molecule is CCCC(=O)OCCN(CCO)c1ccc(/N=N/c2ccc(C(=O)C(F)(F)F)cc2)cc1. The molecule has 1 N–H and O–H groups in total. The molecule has 0 atom stereocenters. The van der Waals surface area contributed by atoms with Gasteiger partial charge >= 0.3 is 12.1 Å². The van der Waals surface area contributed by atoms with Crippen LogP contribution in [0, 0.1) is 0 Å². The largest absolute Gasteiger partial charge is 0.464 e. The summed E-state index contributed by atoms with van der Waals surface area (Å²) in [5.74, 6) is -2.17. The molecule has 2 aromatic carbocycles. The van der Waals surface area contributed by atoms with Crippen LogP contribution in [-0.4, -0.2) is 49.3 Å². The number of anilines is 1. The van der Waals surface area contributed by atoms with Crippen LogP contribution in [0.2, 0.25) is 0 Å². The highest BCUT2D eigenvalue weighted by Crippen LogP contribution is 2.25. The van der Waals surface area contributed by atoms with Crippen LogP contribution in [0.3, 0.4) is 0 Å². The van der Waals surface area contributed by atoms with Crippen LogP contribution in [0.1, 0.15) is 30.1 Å². The fourth-order valence-corrected chi connectivity index (χ4v) is 2.73. The Bertz CT molecular complexity index is 914. The normalized spacial score (nSPS) is 11.5. The molecule has 0 heterocycles. The Morgan fingerprint density at radius 2 is 1.53 bits per heavy atom. The smallest absolute Gasteiger partial charge is 0.454 e. The van der Waals surface area contributed by atoms with Gasteiger partial charge in [-0.3, -0.25) is 9.59 Å². The number of Topliss-reactive ketones (excluding diaryl/α,β-unsaturated/α-hetero) is 1. The molecule has 0 saturated carbocycles. The van der Waals surface area contributed by atoms with Crippen molar-refractivity contribution in [2.45, 2.75) is 25.9 Å². The summed E-state index contributed by atoms with van der Waals surface area (Å²) < 4.78 is 42.5. The molecule has 0 unspecified atom stereocenters. The molecule has 0 spiro atoms. The van der Waals surface area contributed by atoms with E-state index in [0.717, 1.165) is 17.8 Å². The lowest BCUT2D eigenvalue weighted by atomic mass is 10.1. The number of rotatable bonds is 11. The van der Waals surface area contributed by atoms with Crippen LogP contribution >= 0.6 is 0 Å². The number of hydrogen-bond acceptors (Lipinski definition) is 7. The maximum absolute atomic E-state index is 12.4. The standard InChI is InChI=1S/C22H24F3N3O4/c1-2-3-20(30)32-15-13-28(12-14-29)19-10-8-18(9-11-19)27-26-17-6-4-16(5-7-17)21(31)22(23,24)25/h4-11,29H,2-3,12-15H2,1H3/b27-26+. The molecule has 0 radical (unpaired) electrons. The highest BCUT2D eigenvalue weighted by atomic mass is 19.4. The zero-order valence-electron chi connectivity index (χ0n) is 17.5. The summed E-state index contributed by atoms with van der Waals surface area (Å²) in [7, 11) is 0. The van der Waals surface area contributed by atoms with Crippen molar-refractivity contribution in [2.24, 2.45) is 10.2 Å². The van der Waals surface area contributed by atoms with Crippen molar-refractivity contribution in [2.75, 3.05) is 31.2 Å². The second-order valence-corrected chi connectivity index (χ2v) is 6.77. The summed E-state index contributed by atoms with van der Waals surface area (Å²) in [4.78, 5) is 24.5. The molecule has 0 aromatic heterocycles. The molecule has 7 nitrogen and oxygen atoms in total. The molecule has 0 saturated heterocycles. The van der Waals surface area contributed by atoms with Gasteiger partial charge in [0.25, 0.3) is 5.78 Å². The van der Waals surface area contributed by atoms with Gasteiger partial charge in [0.05, 0.1) is 24.5 Å². The van der Waals surface area contributed by atoms with Gasteiger partial charge in [0.2, 0.25) is 0 Å². The topological polar surface area (TPSA) is 91.6 Å². The number of benzene rings is 2. The van der Waals surface area contributed by atoms with E-state index in [9.17, 15) is 27.9 Å². The summed E-state index contributed by atoms with van der Waals surface area (Å²) >= 11 is 0. The summed E-state index contributed by atoms with van der Waals surface area (Å²) in [5.41, 5.74) is 1.12. The monoisotopic (exact) mass is 451 g/mol. The first-order chi connectivity index (χ1) is 15.2. The fraction of sp³-hybridized carbons (Fsp3) is 0.364. The van der Waals surface area contributed by atoms with Gasteiger partial charge in [-0.1, -0.05) is 6.92 Å². The highest BCUT2D eigenvalue weighted by molar-refractivity contribution is 6.00. The van der Waals surface area contributed by atoms with Crippen LogP contribution in [-0.2, 0) is 9.53 Å². The summed E-state index contributed by atoms with van der Waals surface area (Å²) in [6, 6.07) is 11.6. The summed E-state index contributed by atoms with van der Waals surface area (Å²) in [6.07, 6.45) is -3.85. The van der Waals surface area contributed by atoms with Gasteiger partial charge < -0.3 is 14.7 Å². The number of ether oxygens (including phenoxy) is 1. The molecule has 32 heavy (non-hydrogen) atoms. The fourth-order valence-electron chi connectivity index (χ4n) is 2.73. The van der Waals surface area contributed by atoms with Gasteiger partial charge in [0.1, 0.15) is 6.61 Å². The first kappa shape index (κ1) is 25.0. The Morgan fingerprint density at radius 1 is 0.969 bits per heavy atom. The molecule has 0 aliphatic carbocycles. The average molecular weight is 451 g/mol. The van der Waals surface area contributed by atoms with Crippen molar-refractivity contribution < 1.29 is 32.6 Å². The number of carbonyl (C=O) groups excluding carboxylic acids is 2. The van der Waals surface area contributed by atoms with E-state index in [2.05, 4.69) is 10.2 Å². The van der Waals surface area contributed by atoms with Crippen molar-refractivity contribution in [1.29, 1.82) is 0 Å². The first-order valence-electron chi connectivity index (χ1n) is 9.99. The second-order valence-electron chi connectivity index (χ2n) is 6.77. The Hall–Kier alpha value is -3.27. The number of alkyl halides is 3.